The number of benzene rings is 1. The number of nitrogens with two attached hydrogens (primary N) is 1. The third-order valence-electron chi connectivity index (χ3n) is 4.77. The van der Waals surface area contributed by atoms with Crippen molar-refractivity contribution in [2.75, 3.05) is 13.1 Å². The van der Waals surface area contributed by atoms with Gasteiger partial charge < -0.3 is 10.5 Å². The van der Waals surface area contributed by atoms with Crippen molar-refractivity contribution in [1.29, 1.82) is 0 Å². The molecular weight excluding hydrogens is 318 g/mol. The van der Waals surface area contributed by atoms with Crippen LogP contribution < -0.4 is 10.5 Å². The first kappa shape index (κ1) is 17.4. The maximum Gasteiger partial charge on any atom is 0.131 e. The number of likely N-dealkylation sites (tertiary alicyclic amines) is 1. The first-order chi connectivity index (χ1) is 11.4. The molecule has 0 amide bonds. The van der Waals surface area contributed by atoms with E-state index < -0.39 is 0 Å². The van der Waals surface area contributed by atoms with Crippen molar-refractivity contribution in [2.45, 2.75) is 46.4 Å². The second kappa shape index (κ2) is 7.21. The molecule has 1 aromatic carbocycles. The molecule has 5 heteroatoms. The summed E-state index contributed by atoms with van der Waals surface area (Å²) in [7, 11) is 0. The molecule has 1 unspecified atom stereocenters. The number of hydrogen-bond donors (Lipinski definition) is 1. The molecule has 0 saturated carbocycles. The van der Waals surface area contributed by atoms with Crippen molar-refractivity contribution < 1.29 is 4.74 Å². The largest absolute Gasteiger partial charge is 0.487 e. The molecule has 24 heavy (non-hydrogen) atoms. The molecule has 0 spiro atoms. The fraction of sp³-hybridized carbons (Fsp3) is 0.526. The minimum atomic E-state index is 0.187. The van der Waals surface area contributed by atoms with E-state index in [9.17, 15) is 0 Å². The van der Waals surface area contributed by atoms with Crippen LogP contribution in [0.5, 0.6) is 5.75 Å². The minimum Gasteiger partial charge on any atom is -0.487 e. The van der Waals surface area contributed by atoms with Gasteiger partial charge in [-0.05, 0) is 36.5 Å². The van der Waals surface area contributed by atoms with Crippen LogP contribution >= 0.6 is 11.3 Å². The van der Waals surface area contributed by atoms with Gasteiger partial charge in [0.1, 0.15) is 12.4 Å². The van der Waals surface area contributed by atoms with Crippen LogP contribution in [0.25, 0.3) is 0 Å². The molecule has 1 saturated heterocycles. The Morgan fingerprint density at radius 3 is 2.71 bits per heavy atom. The highest BCUT2D eigenvalue weighted by Gasteiger charge is 2.33. The lowest BCUT2D eigenvalue weighted by Crippen LogP contribution is -2.52. The lowest BCUT2D eigenvalue weighted by molar-refractivity contribution is 0.0898. The molecule has 0 bridgehead atoms. The van der Waals surface area contributed by atoms with Crippen LogP contribution in [0.1, 0.15) is 36.5 Å². The number of nitrogens with zero attached hydrogens (tertiary/aromatic N) is 2. The molecule has 0 aliphatic carbocycles. The Hall–Kier alpha value is -1.43. The van der Waals surface area contributed by atoms with Crippen LogP contribution in [0.4, 0.5) is 0 Å². The maximum atomic E-state index is 6.22. The van der Waals surface area contributed by atoms with Gasteiger partial charge in [0.05, 0.1) is 10.7 Å². The van der Waals surface area contributed by atoms with E-state index in [0.29, 0.717) is 12.6 Å². The quantitative estimate of drug-likeness (QED) is 0.900. The average molecular weight is 346 g/mol. The number of piperidine rings is 1. The van der Waals surface area contributed by atoms with Gasteiger partial charge in [-0.25, -0.2) is 4.98 Å². The van der Waals surface area contributed by atoms with Crippen molar-refractivity contribution in [3.63, 3.8) is 0 Å². The summed E-state index contributed by atoms with van der Waals surface area (Å²) >= 11 is 1.66. The van der Waals surface area contributed by atoms with Gasteiger partial charge in [0.15, 0.2) is 0 Å². The van der Waals surface area contributed by atoms with E-state index in [1.54, 1.807) is 11.3 Å². The average Bonchev–Trinajstić information content (AvgIpc) is 2.96. The van der Waals surface area contributed by atoms with Gasteiger partial charge in [-0.3, -0.25) is 4.90 Å². The van der Waals surface area contributed by atoms with E-state index in [2.05, 4.69) is 48.0 Å². The zero-order valence-corrected chi connectivity index (χ0v) is 15.6. The number of ether oxygens (including phenoxy) is 1. The van der Waals surface area contributed by atoms with E-state index in [1.165, 1.54) is 5.56 Å². The second-order valence-corrected chi connectivity index (χ2v) is 8.45. The number of rotatable bonds is 5. The molecule has 1 fully saturated rings. The first-order valence-corrected chi connectivity index (χ1v) is 9.41. The summed E-state index contributed by atoms with van der Waals surface area (Å²) in [6.45, 7) is 10.2. The standard InChI is InChI=1S/C19H27N3OS/c1-14-21-16(12-24-14)11-23-17-6-4-15(5-7-17)10-22-9-8-18(20)19(2,3)13-22/h4-7,12,18H,8-11,13,20H2,1-3H3. The summed E-state index contributed by atoms with van der Waals surface area (Å²) in [5.74, 6) is 0.894. The monoisotopic (exact) mass is 345 g/mol. The zero-order chi connectivity index (χ0) is 17.2. The molecule has 1 atom stereocenters. The Morgan fingerprint density at radius 1 is 1.33 bits per heavy atom. The summed E-state index contributed by atoms with van der Waals surface area (Å²) in [6, 6.07) is 8.72. The number of aromatic nitrogens is 1. The fourth-order valence-corrected chi connectivity index (χ4v) is 3.80. The molecule has 130 valence electrons. The number of thiazole rings is 1. The van der Waals surface area contributed by atoms with Crippen LogP contribution in [0.2, 0.25) is 0 Å². The van der Waals surface area contributed by atoms with Gasteiger partial charge in [0, 0.05) is 31.1 Å². The smallest absolute Gasteiger partial charge is 0.131 e. The van der Waals surface area contributed by atoms with Gasteiger partial charge in [-0.15, -0.1) is 11.3 Å². The van der Waals surface area contributed by atoms with E-state index in [0.717, 1.165) is 42.5 Å². The van der Waals surface area contributed by atoms with Crippen LogP contribution in [0.3, 0.4) is 0 Å². The Balaban J connectivity index is 1.53. The molecule has 1 aromatic heterocycles. The van der Waals surface area contributed by atoms with Crippen LogP contribution in [-0.2, 0) is 13.2 Å². The zero-order valence-electron chi connectivity index (χ0n) is 14.8. The molecule has 0 radical (unpaired) electrons. The summed E-state index contributed by atoms with van der Waals surface area (Å²) in [4.78, 5) is 6.91. The van der Waals surface area contributed by atoms with Gasteiger partial charge in [0.2, 0.25) is 0 Å². The van der Waals surface area contributed by atoms with Gasteiger partial charge in [-0.2, -0.15) is 0 Å². The molecule has 2 N–H and O–H groups in total. The third-order valence-corrected chi connectivity index (χ3v) is 5.60. The van der Waals surface area contributed by atoms with E-state index in [-0.39, 0.29) is 5.41 Å². The Morgan fingerprint density at radius 2 is 2.08 bits per heavy atom. The molecule has 2 heterocycles. The predicted octanol–water partition coefficient (Wildman–Crippen LogP) is 3.59. The summed E-state index contributed by atoms with van der Waals surface area (Å²) in [6.07, 6.45) is 1.07. The SMILES string of the molecule is Cc1nc(COc2ccc(CN3CCC(N)C(C)(C)C3)cc2)cs1. The molecule has 4 nitrogen and oxygen atoms in total. The number of hydrogen-bond acceptors (Lipinski definition) is 5. The lowest BCUT2D eigenvalue weighted by atomic mass is 9.79. The van der Waals surface area contributed by atoms with Gasteiger partial charge in [-0.1, -0.05) is 26.0 Å². The second-order valence-electron chi connectivity index (χ2n) is 7.38. The van der Waals surface area contributed by atoms with E-state index >= 15 is 0 Å². The van der Waals surface area contributed by atoms with Crippen molar-refractivity contribution in [3.8, 4) is 5.75 Å². The van der Waals surface area contributed by atoms with Gasteiger partial charge >= 0.3 is 0 Å². The maximum absolute atomic E-state index is 6.22. The third kappa shape index (κ3) is 4.35. The molecule has 1 aliphatic rings. The predicted molar refractivity (Wildman–Crippen MR) is 99.3 cm³/mol. The Bertz CT molecular complexity index is 666. The highest BCUT2D eigenvalue weighted by Crippen LogP contribution is 2.28. The summed E-state index contributed by atoms with van der Waals surface area (Å²) < 4.78 is 5.81. The topological polar surface area (TPSA) is 51.4 Å². The van der Waals surface area contributed by atoms with Crippen molar-refractivity contribution in [2.24, 2.45) is 11.1 Å². The van der Waals surface area contributed by atoms with Gasteiger partial charge in [0.25, 0.3) is 0 Å². The highest BCUT2D eigenvalue weighted by atomic mass is 32.1. The van der Waals surface area contributed by atoms with E-state index in [4.69, 9.17) is 10.5 Å². The van der Waals surface area contributed by atoms with Crippen LogP contribution in [-0.4, -0.2) is 29.0 Å². The Kier molecular flexibility index (Phi) is 5.23. The van der Waals surface area contributed by atoms with Crippen molar-refractivity contribution >= 4 is 11.3 Å². The Labute approximate surface area is 148 Å². The number of aryl methyl sites for hydroxylation is 1. The first-order valence-electron chi connectivity index (χ1n) is 8.53. The summed E-state index contributed by atoms with van der Waals surface area (Å²) in [5, 5.41) is 3.13. The fourth-order valence-electron chi connectivity index (χ4n) is 3.20. The lowest BCUT2D eigenvalue weighted by Gasteiger charge is -2.42. The molecule has 1 aliphatic heterocycles. The molecule has 2 aromatic rings. The minimum absolute atomic E-state index is 0.187. The van der Waals surface area contributed by atoms with Crippen LogP contribution in [0, 0.1) is 12.3 Å². The van der Waals surface area contributed by atoms with Crippen molar-refractivity contribution in [1.82, 2.24) is 9.88 Å². The van der Waals surface area contributed by atoms with Crippen LogP contribution in [0.15, 0.2) is 29.6 Å². The highest BCUT2D eigenvalue weighted by molar-refractivity contribution is 7.09. The van der Waals surface area contributed by atoms with Crippen molar-refractivity contribution in [3.05, 3.63) is 45.9 Å². The van der Waals surface area contributed by atoms with E-state index in [1.807, 2.05) is 12.3 Å². The molecule has 3 rings (SSSR count). The molecular formula is C19H27N3OS. The normalized spacial score (nSPS) is 20.9. The summed E-state index contributed by atoms with van der Waals surface area (Å²) in [5.41, 5.74) is 8.72.